The third-order valence-corrected chi connectivity index (χ3v) is 5.41. The molecule has 0 aliphatic carbocycles. The summed E-state index contributed by atoms with van der Waals surface area (Å²) in [6.45, 7) is 1.15. The highest BCUT2D eigenvalue weighted by atomic mass is 16.5. The SMILES string of the molecule is COCCCN1C(=O)c2[nH]nc(-c3ccc(OC)cc3)c2C1c1ccccc1OC. The molecule has 1 amide bonds. The second kappa shape index (κ2) is 8.59. The highest BCUT2D eigenvalue weighted by Gasteiger charge is 2.42. The molecule has 1 aliphatic heterocycles. The van der Waals surface area contributed by atoms with Crippen molar-refractivity contribution >= 4 is 5.91 Å². The van der Waals surface area contributed by atoms with Crippen LogP contribution in [0.4, 0.5) is 0 Å². The Bertz CT molecular complexity index is 1030. The minimum absolute atomic E-state index is 0.0655. The molecule has 7 nitrogen and oxygen atoms in total. The van der Waals surface area contributed by atoms with Gasteiger partial charge in [0.05, 0.1) is 26.0 Å². The summed E-state index contributed by atoms with van der Waals surface area (Å²) in [6, 6.07) is 15.2. The van der Waals surface area contributed by atoms with Gasteiger partial charge in [0, 0.05) is 37.0 Å². The van der Waals surface area contributed by atoms with Crippen LogP contribution in [-0.4, -0.2) is 55.5 Å². The molecule has 1 N–H and O–H groups in total. The lowest BCUT2D eigenvalue weighted by Gasteiger charge is -2.27. The molecule has 2 aromatic carbocycles. The quantitative estimate of drug-likeness (QED) is 0.577. The molecule has 0 fully saturated rings. The van der Waals surface area contributed by atoms with Crippen LogP contribution < -0.4 is 9.47 Å². The van der Waals surface area contributed by atoms with Crippen molar-refractivity contribution in [3.05, 3.63) is 65.4 Å². The number of nitrogens with zero attached hydrogens (tertiary/aromatic N) is 2. The van der Waals surface area contributed by atoms with Crippen LogP contribution in [-0.2, 0) is 4.74 Å². The summed E-state index contributed by atoms with van der Waals surface area (Å²) in [5.74, 6) is 1.44. The van der Waals surface area contributed by atoms with E-state index < -0.39 is 0 Å². The van der Waals surface area contributed by atoms with Crippen LogP contribution in [0, 0.1) is 0 Å². The Morgan fingerprint density at radius 2 is 1.80 bits per heavy atom. The van der Waals surface area contributed by atoms with Crippen LogP contribution in [0.1, 0.15) is 34.1 Å². The van der Waals surface area contributed by atoms with Crippen LogP contribution in [0.5, 0.6) is 11.5 Å². The highest BCUT2D eigenvalue weighted by Crippen LogP contribution is 2.45. The number of aromatic amines is 1. The number of aromatic nitrogens is 2. The number of hydrogen-bond acceptors (Lipinski definition) is 5. The third-order valence-electron chi connectivity index (χ3n) is 5.41. The van der Waals surface area contributed by atoms with Crippen LogP contribution in [0.2, 0.25) is 0 Å². The van der Waals surface area contributed by atoms with Crippen LogP contribution >= 0.6 is 0 Å². The number of rotatable bonds is 8. The summed E-state index contributed by atoms with van der Waals surface area (Å²) in [5.41, 5.74) is 3.99. The lowest BCUT2D eigenvalue weighted by Crippen LogP contribution is -2.31. The third kappa shape index (κ3) is 3.41. The summed E-state index contributed by atoms with van der Waals surface area (Å²) >= 11 is 0. The fourth-order valence-corrected chi connectivity index (χ4v) is 3.99. The molecule has 0 spiro atoms. The number of benzene rings is 2. The number of fused-ring (bicyclic) bond motifs is 1. The number of amides is 1. The summed E-state index contributed by atoms with van der Waals surface area (Å²) in [5, 5.41) is 7.47. The number of methoxy groups -OCH3 is 3. The zero-order valence-electron chi connectivity index (χ0n) is 17.3. The monoisotopic (exact) mass is 407 g/mol. The number of ether oxygens (including phenoxy) is 3. The molecule has 0 saturated carbocycles. The normalized spacial score (nSPS) is 15.4. The van der Waals surface area contributed by atoms with E-state index in [-0.39, 0.29) is 11.9 Å². The van der Waals surface area contributed by atoms with E-state index >= 15 is 0 Å². The van der Waals surface area contributed by atoms with Crippen LogP contribution in [0.25, 0.3) is 11.3 Å². The minimum Gasteiger partial charge on any atom is -0.497 e. The summed E-state index contributed by atoms with van der Waals surface area (Å²) in [6.07, 6.45) is 0.740. The Kier molecular flexibility index (Phi) is 5.72. The first kappa shape index (κ1) is 20.0. The maximum Gasteiger partial charge on any atom is 0.273 e. The van der Waals surface area contributed by atoms with E-state index in [1.165, 1.54) is 0 Å². The molecule has 0 radical (unpaired) electrons. The molecule has 7 heteroatoms. The van der Waals surface area contributed by atoms with Crippen molar-refractivity contribution in [3.63, 3.8) is 0 Å². The lowest BCUT2D eigenvalue weighted by atomic mass is 9.95. The Morgan fingerprint density at radius 1 is 1.03 bits per heavy atom. The molecule has 3 aromatic rings. The predicted octanol–water partition coefficient (Wildman–Crippen LogP) is 3.68. The van der Waals surface area contributed by atoms with Crippen molar-refractivity contribution in [2.45, 2.75) is 12.5 Å². The first-order valence-corrected chi connectivity index (χ1v) is 9.85. The number of carbonyl (C=O) groups is 1. The summed E-state index contributed by atoms with van der Waals surface area (Å²) < 4.78 is 16.1. The number of hydrogen-bond donors (Lipinski definition) is 1. The largest absolute Gasteiger partial charge is 0.497 e. The first-order chi connectivity index (χ1) is 14.7. The predicted molar refractivity (Wildman–Crippen MR) is 113 cm³/mol. The maximum atomic E-state index is 13.3. The van der Waals surface area contributed by atoms with Crippen molar-refractivity contribution in [3.8, 4) is 22.8 Å². The Hall–Kier alpha value is -3.32. The van der Waals surface area contributed by atoms with Gasteiger partial charge in [-0.3, -0.25) is 9.89 Å². The number of nitrogens with one attached hydrogen (secondary N) is 1. The van der Waals surface area contributed by atoms with Crippen molar-refractivity contribution < 1.29 is 19.0 Å². The van der Waals surface area contributed by atoms with Crippen molar-refractivity contribution in [2.24, 2.45) is 0 Å². The van der Waals surface area contributed by atoms with Gasteiger partial charge in [0.25, 0.3) is 5.91 Å². The average Bonchev–Trinajstić information content (AvgIpc) is 3.33. The fourth-order valence-electron chi connectivity index (χ4n) is 3.99. The van der Waals surface area contributed by atoms with E-state index in [0.717, 1.165) is 40.3 Å². The van der Waals surface area contributed by atoms with Gasteiger partial charge in [0.1, 0.15) is 17.2 Å². The second-order valence-corrected chi connectivity index (χ2v) is 7.08. The fraction of sp³-hybridized carbons (Fsp3) is 0.304. The van der Waals surface area contributed by atoms with Gasteiger partial charge >= 0.3 is 0 Å². The Morgan fingerprint density at radius 3 is 2.50 bits per heavy atom. The van der Waals surface area contributed by atoms with Gasteiger partial charge in [-0.25, -0.2) is 0 Å². The van der Waals surface area contributed by atoms with E-state index in [0.29, 0.717) is 18.8 Å². The summed E-state index contributed by atoms with van der Waals surface area (Å²) in [4.78, 5) is 15.1. The van der Waals surface area contributed by atoms with Gasteiger partial charge in [0.2, 0.25) is 0 Å². The zero-order chi connectivity index (χ0) is 21.1. The van der Waals surface area contributed by atoms with Gasteiger partial charge in [-0.05, 0) is 36.8 Å². The van der Waals surface area contributed by atoms with E-state index in [4.69, 9.17) is 14.2 Å². The molecule has 30 heavy (non-hydrogen) atoms. The highest BCUT2D eigenvalue weighted by molar-refractivity contribution is 6.00. The number of H-pyrrole nitrogens is 1. The molecular weight excluding hydrogens is 382 g/mol. The van der Waals surface area contributed by atoms with Gasteiger partial charge in [0.15, 0.2) is 0 Å². The number of para-hydroxylation sites is 1. The van der Waals surface area contributed by atoms with E-state index in [1.807, 2.05) is 53.4 Å². The Labute approximate surface area is 175 Å². The van der Waals surface area contributed by atoms with Crippen molar-refractivity contribution in [2.75, 3.05) is 34.5 Å². The van der Waals surface area contributed by atoms with Crippen molar-refractivity contribution in [1.82, 2.24) is 15.1 Å². The zero-order valence-corrected chi connectivity index (χ0v) is 17.3. The van der Waals surface area contributed by atoms with Gasteiger partial charge in [-0.1, -0.05) is 18.2 Å². The second-order valence-electron chi connectivity index (χ2n) is 7.08. The topological polar surface area (TPSA) is 76.7 Å². The lowest BCUT2D eigenvalue weighted by molar-refractivity contribution is 0.0722. The molecular formula is C23H25N3O4. The Balaban J connectivity index is 1.83. The minimum atomic E-state index is -0.295. The molecule has 4 rings (SSSR count). The van der Waals surface area contributed by atoms with E-state index in [1.54, 1.807) is 21.3 Å². The first-order valence-electron chi connectivity index (χ1n) is 9.85. The van der Waals surface area contributed by atoms with Gasteiger partial charge in [-0.15, -0.1) is 0 Å². The maximum absolute atomic E-state index is 13.3. The molecule has 1 aliphatic rings. The molecule has 1 atom stereocenters. The molecule has 1 unspecified atom stereocenters. The van der Waals surface area contributed by atoms with E-state index in [2.05, 4.69) is 10.2 Å². The van der Waals surface area contributed by atoms with E-state index in [9.17, 15) is 4.79 Å². The van der Waals surface area contributed by atoms with Crippen molar-refractivity contribution in [1.29, 1.82) is 0 Å². The standard InChI is InChI=1S/C23H25N3O4/c1-28-14-6-13-26-22(17-7-4-5-8-18(17)30-3)19-20(24-25-21(19)23(26)27)15-9-11-16(29-2)12-10-15/h4-5,7-12,22H,6,13-14H2,1-3H3,(H,24,25). The molecule has 2 heterocycles. The smallest absolute Gasteiger partial charge is 0.273 e. The molecule has 0 bridgehead atoms. The van der Waals surface area contributed by atoms with Crippen LogP contribution in [0.15, 0.2) is 48.5 Å². The molecule has 1 aromatic heterocycles. The summed E-state index contributed by atoms with van der Waals surface area (Å²) in [7, 11) is 4.94. The van der Waals surface area contributed by atoms with Gasteiger partial charge < -0.3 is 19.1 Å². The molecule has 0 saturated heterocycles. The van der Waals surface area contributed by atoms with Gasteiger partial charge in [-0.2, -0.15) is 5.10 Å². The molecule has 156 valence electrons. The number of carbonyl (C=O) groups excluding carboxylic acids is 1. The van der Waals surface area contributed by atoms with Crippen LogP contribution in [0.3, 0.4) is 0 Å². The average molecular weight is 407 g/mol.